The van der Waals surface area contributed by atoms with E-state index >= 15 is 0 Å². The van der Waals surface area contributed by atoms with E-state index in [4.69, 9.17) is 4.42 Å². The quantitative estimate of drug-likeness (QED) is 0.710. The van der Waals surface area contributed by atoms with Crippen LogP contribution in [0.2, 0.25) is 0 Å². The van der Waals surface area contributed by atoms with Crippen LogP contribution < -0.4 is 10.2 Å². The summed E-state index contributed by atoms with van der Waals surface area (Å²) in [6, 6.07) is 10.8. The van der Waals surface area contributed by atoms with Gasteiger partial charge in [-0.05, 0) is 24.3 Å². The number of nitrogens with zero attached hydrogens (tertiary/aromatic N) is 3. The minimum absolute atomic E-state index is 0.132. The first-order valence-corrected chi connectivity index (χ1v) is 8.32. The Labute approximate surface area is 163 Å². The largest absolute Gasteiger partial charge is 0.452 e. The molecule has 1 aromatic carbocycles. The second-order valence-electron chi connectivity index (χ2n) is 6.00. The monoisotopic (exact) mass is 404 g/mol. The summed E-state index contributed by atoms with van der Waals surface area (Å²) in [5.74, 6) is -2.84. The van der Waals surface area contributed by atoms with Gasteiger partial charge in [-0.25, -0.2) is 9.97 Å². The van der Waals surface area contributed by atoms with E-state index in [1.165, 1.54) is 49.3 Å². The molecule has 2 heterocycles. The number of nitrogens with one attached hydrogen (secondary N) is 1. The Balaban J connectivity index is 1.88. The molecule has 0 saturated carbocycles. The van der Waals surface area contributed by atoms with Gasteiger partial charge in [-0.2, -0.15) is 13.2 Å². The lowest BCUT2D eigenvalue weighted by molar-refractivity contribution is -0.153. The molecule has 1 N–H and O–H groups in total. The van der Waals surface area contributed by atoms with Crippen molar-refractivity contribution in [2.24, 2.45) is 0 Å². The molecule has 0 radical (unpaired) electrons. The molecule has 150 valence electrons. The van der Waals surface area contributed by atoms with Crippen LogP contribution >= 0.6 is 0 Å². The van der Waals surface area contributed by atoms with Crippen molar-refractivity contribution < 1.29 is 27.2 Å². The number of oxazole rings is 1. The fourth-order valence-electron chi connectivity index (χ4n) is 2.38. The summed E-state index contributed by atoms with van der Waals surface area (Å²) in [5, 5.41) is 2.30. The lowest BCUT2D eigenvalue weighted by Crippen LogP contribution is -2.24. The van der Waals surface area contributed by atoms with Gasteiger partial charge in [0.1, 0.15) is 5.82 Å². The Morgan fingerprint density at radius 3 is 2.34 bits per heavy atom. The van der Waals surface area contributed by atoms with Crippen LogP contribution in [0.25, 0.3) is 11.5 Å². The number of pyridine rings is 1. The third-order valence-corrected chi connectivity index (χ3v) is 3.94. The van der Waals surface area contributed by atoms with Crippen molar-refractivity contribution in [3.05, 3.63) is 60.1 Å². The number of hydrogen-bond acceptors (Lipinski definition) is 5. The van der Waals surface area contributed by atoms with Crippen LogP contribution in [0.3, 0.4) is 0 Å². The van der Waals surface area contributed by atoms with E-state index in [1.807, 2.05) is 0 Å². The number of hydrogen-bond donors (Lipinski definition) is 1. The molecule has 0 bridgehead atoms. The van der Waals surface area contributed by atoms with E-state index < -0.39 is 23.5 Å². The van der Waals surface area contributed by atoms with E-state index in [-0.39, 0.29) is 17.5 Å². The standard InChI is InChI=1S/C19H15F3N4O3/c1-11(27)26(2)14-9-8-13(10-23-14)24-17(28)15-16(19(20,21)22)29-18(25-15)12-6-4-3-5-7-12/h3-10H,1-2H3,(H,24,28). The number of benzene rings is 1. The minimum atomic E-state index is -4.90. The normalized spacial score (nSPS) is 11.2. The van der Waals surface area contributed by atoms with Crippen molar-refractivity contribution in [1.29, 1.82) is 0 Å². The first-order valence-electron chi connectivity index (χ1n) is 8.32. The van der Waals surface area contributed by atoms with Gasteiger partial charge in [0.2, 0.25) is 17.6 Å². The predicted octanol–water partition coefficient (Wildman–Crippen LogP) is 3.99. The third kappa shape index (κ3) is 4.42. The highest BCUT2D eigenvalue weighted by Crippen LogP contribution is 2.35. The maximum atomic E-state index is 13.3. The molecule has 2 amide bonds. The van der Waals surface area contributed by atoms with Gasteiger partial charge in [0, 0.05) is 19.5 Å². The lowest BCUT2D eigenvalue weighted by atomic mass is 10.2. The molecule has 0 aliphatic rings. The van der Waals surface area contributed by atoms with Crippen LogP contribution in [-0.4, -0.2) is 28.8 Å². The molecule has 0 spiro atoms. The van der Waals surface area contributed by atoms with E-state index in [1.54, 1.807) is 18.2 Å². The van der Waals surface area contributed by atoms with E-state index in [0.29, 0.717) is 11.4 Å². The summed E-state index contributed by atoms with van der Waals surface area (Å²) < 4.78 is 44.8. The number of halogens is 3. The highest BCUT2D eigenvalue weighted by molar-refractivity contribution is 6.04. The Kier molecular flexibility index (Phi) is 5.35. The van der Waals surface area contributed by atoms with Crippen molar-refractivity contribution in [2.75, 3.05) is 17.3 Å². The maximum absolute atomic E-state index is 13.3. The third-order valence-electron chi connectivity index (χ3n) is 3.94. The molecule has 10 heteroatoms. The van der Waals surface area contributed by atoms with Crippen LogP contribution in [0.4, 0.5) is 24.7 Å². The average Bonchev–Trinajstić information content (AvgIpc) is 3.15. The average molecular weight is 404 g/mol. The fraction of sp³-hybridized carbons (Fsp3) is 0.158. The number of alkyl halides is 3. The summed E-state index contributed by atoms with van der Waals surface area (Å²) in [6.07, 6.45) is -3.68. The van der Waals surface area contributed by atoms with Crippen molar-refractivity contribution in [3.8, 4) is 11.5 Å². The molecule has 0 aliphatic heterocycles. The van der Waals surface area contributed by atoms with Gasteiger partial charge in [-0.15, -0.1) is 0 Å². The van der Waals surface area contributed by atoms with Crippen molar-refractivity contribution in [2.45, 2.75) is 13.1 Å². The summed E-state index contributed by atoms with van der Waals surface area (Å²) in [6.45, 7) is 1.35. The summed E-state index contributed by atoms with van der Waals surface area (Å²) >= 11 is 0. The van der Waals surface area contributed by atoms with Gasteiger partial charge in [0.05, 0.1) is 11.9 Å². The first kappa shape index (κ1) is 20.1. The summed E-state index contributed by atoms with van der Waals surface area (Å²) in [5.41, 5.74) is -0.454. The summed E-state index contributed by atoms with van der Waals surface area (Å²) in [4.78, 5) is 32.8. The molecule has 3 aromatic rings. The zero-order chi connectivity index (χ0) is 21.2. The number of carbonyl (C=O) groups excluding carboxylic acids is 2. The molecular formula is C19H15F3N4O3. The van der Waals surface area contributed by atoms with Gasteiger partial charge in [0.15, 0.2) is 5.69 Å². The zero-order valence-corrected chi connectivity index (χ0v) is 15.3. The molecular weight excluding hydrogens is 389 g/mol. The Morgan fingerprint density at radius 2 is 1.79 bits per heavy atom. The van der Waals surface area contributed by atoms with E-state index in [0.717, 1.165) is 0 Å². The second-order valence-corrected chi connectivity index (χ2v) is 6.00. The lowest BCUT2D eigenvalue weighted by Gasteiger charge is -2.14. The van der Waals surface area contributed by atoms with Gasteiger partial charge in [0.25, 0.3) is 5.91 Å². The molecule has 3 rings (SSSR count). The zero-order valence-electron chi connectivity index (χ0n) is 15.3. The molecule has 0 unspecified atom stereocenters. The summed E-state index contributed by atoms with van der Waals surface area (Å²) in [7, 11) is 1.51. The predicted molar refractivity (Wildman–Crippen MR) is 98.2 cm³/mol. The van der Waals surface area contributed by atoms with Crippen molar-refractivity contribution >= 4 is 23.3 Å². The Bertz CT molecular complexity index is 1030. The van der Waals surface area contributed by atoms with Crippen LogP contribution in [0.15, 0.2) is 53.1 Å². The number of rotatable bonds is 4. The van der Waals surface area contributed by atoms with E-state index in [2.05, 4.69) is 15.3 Å². The molecule has 0 aliphatic carbocycles. The minimum Gasteiger partial charge on any atom is -0.431 e. The second kappa shape index (κ2) is 7.74. The van der Waals surface area contributed by atoms with Gasteiger partial charge in [-0.3, -0.25) is 9.59 Å². The topological polar surface area (TPSA) is 88.3 Å². The van der Waals surface area contributed by atoms with Gasteiger partial charge in [-0.1, -0.05) is 18.2 Å². The maximum Gasteiger partial charge on any atom is 0.452 e. The molecule has 0 saturated heterocycles. The van der Waals surface area contributed by atoms with Crippen LogP contribution in [-0.2, 0) is 11.0 Å². The van der Waals surface area contributed by atoms with Gasteiger partial charge < -0.3 is 14.6 Å². The molecule has 29 heavy (non-hydrogen) atoms. The first-order chi connectivity index (χ1) is 13.7. The number of carbonyl (C=O) groups is 2. The molecule has 0 fully saturated rings. The SMILES string of the molecule is CC(=O)N(C)c1ccc(NC(=O)c2nc(-c3ccccc3)oc2C(F)(F)F)cn1. The highest BCUT2D eigenvalue weighted by atomic mass is 19.4. The number of amides is 2. The number of aromatic nitrogens is 2. The van der Waals surface area contributed by atoms with Crippen LogP contribution in [0, 0.1) is 0 Å². The van der Waals surface area contributed by atoms with E-state index in [9.17, 15) is 22.8 Å². The van der Waals surface area contributed by atoms with Crippen LogP contribution in [0.5, 0.6) is 0 Å². The van der Waals surface area contributed by atoms with Crippen LogP contribution in [0.1, 0.15) is 23.2 Å². The molecule has 0 atom stereocenters. The van der Waals surface area contributed by atoms with Crippen molar-refractivity contribution in [3.63, 3.8) is 0 Å². The molecule has 2 aromatic heterocycles. The number of anilines is 2. The molecule has 7 nitrogen and oxygen atoms in total. The highest BCUT2D eigenvalue weighted by Gasteiger charge is 2.42. The smallest absolute Gasteiger partial charge is 0.431 e. The fourth-order valence-corrected chi connectivity index (χ4v) is 2.38. The Morgan fingerprint density at radius 1 is 1.10 bits per heavy atom. The van der Waals surface area contributed by atoms with Crippen molar-refractivity contribution in [1.82, 2.24) is 9.97 Å². The van der Waals surface area contributed by atoms with Gasteiger partial charge >= 0.3 is 6.18 Å². The Hall–Kier alpha value is -3.69.